The predicted octanol–water partition coefficient (Wildman–Crippen LogP) is 7.77. The van der Waals surface area contributed by atoms with E-state index in [-0.39, 0.29) is 16.9 Å². The van der Waals surface area contributed by atoms with E-state index in [2.05, 4.69) is 55.1 Å². The molecule has 0 aliphatic heterocycles. The third-order valence-corrected chi connectivity index (χ3v) is 10.7. The van der Waals surface area contributed by atoms with Crippen molar-refractivity contribution < 1.29 is 24.1 Å². The van der Waals surface area contributed by atoms with Crippen LogP contribution in [0.5, 0.6) is 5.75 Å². The molecule has 5 rings (SSSR count). The van der Waals surface area contributed by atoms with Crippen molar-refractivity contribution in [2.45, 2.75) is 84.3 Å². The molecule has 45 heavy (non-hydrogen) atoms. The van der Waals surface area contributed by atoms with Crippen molar-refractivity contribution in [3.8, 4) is 5.75 Å². The summed E-state index contributed by atoms with van der Waals surface area (Å²) in [7, 11) is 3.46. The highest BCUT2D eigenvalue weighted by Gasteiger charge is 2.65. The van der Waals surface area contributed by atoms with Gasteiger partial charge in [-0.15, -0.1) is 0 Å². The Hall–Kier alpha value is -3.19. The minimum atomic E-state index is -1.13. The number of aliphatic hydroxyl groups excluding tert-OH is 1. The Morgan fingerprint density at radius 2 is 1.56 bits per heavy atom. The average molecular weight is 614 g/mol. The summed E-state index contributed by atoms with van der Waals surface area (Å²) >= 11 is 0. The SMILES string of the molecule is COc1ccc(C(O)C(C(=O)OC(C)(C)C)C(c2ccccc2)N(Cc2ccccc2)C[C@]23CC[C@H](C[C@H]2OC)C3(C)C)cc1. The molecule has 0 heterocycles. The Morgan fingerprint density at radius 3 is 2.11 bits per heavy atom. The topological polar surface area (TPSA) is 68.2 Å². The first-order valence-electron chi connectivity index (χ1n) is 16.3. The van der Waals surface area contributed by atoms with E-state index in [1.807, 2.05) is 76.4 Å². The number of hydrogen-bond acceptors (Lipinski definition) is 6. The molecule has 2 aliphatic carbocycles. The fraction of sp³-hybridized carbons (Fsp3) is 0.513. The van der Waals surface area contributed by atoms with Crippen LogP contribution in [0.1, 0.15) is 82.7 Å². The maximum absolute atomic E-state index is 14.5. The molecule has 0 radical (unpaired) electrons. The molecule has 2 saturated carbocycles. The van der Waals surface area contributed by atoms with E-state index in [4.69, 9.17) is 14.2 Å². The maximum atomic E-state index is 14.5. The highest BCUT2D eigenvalue weighted by Crippen LogP contribution is 2.67. The zero-order valence-corrected chi connectivity index (χ0v) is 28.0. The summed E-state index contributed by atoms with van der Waals surface area (Å²) in [4.78, 5) is 16.9. The predicted molar refractivity (Wildman–Crippen MR) is 178 cm³/mol. The summed E-state index contributed by atoms with van der Waals surface area (Å²) in [6.45, 7) is 11.8. The largest absolute Gasteiger partial charge is 0.497 e. The first kappa shape index (κ1) is 33.2. The lowest BCUT2D eigenvalue weighted by atomic mass is 9.67. The van der Waals surface area contributed by atoms with Crippen LogP contribution in [0.15, 0.2) is 84.9 Å². The highest BCUT2D eigenvalue weighted by atomic mass is 16.6. The molecule has 0 saturated heterocycles. The van der Waals surface area contributed by atoms with Gasteiger partial charge in [0.05, 0.1) is 25.4 Å². The molecule has 2 fully saturated rings. The Bertz CT molecular complexity index is 1400. The number of aliphatic hydroxyl groups is 1. The van der Waals surface area contributed by atoms with Crippen LogP contribution >= 0.6 is 0 Å². The van der Waals surface area contributed by atoms with Gasteiger partial charge in [-0.1, -0.05) is 86.6 Å². The van der Waals surface area contributed by atoms with Gasteiger partial charge < -0.3 is 19.3 Å². The number of nitrogens with zero attached hydrogens (tertiary/aromatic N) is 1. The highest BCUT2D eigenvalue weighted by molar-refractivity contribution is 5.75. The zero-order chi connectivity index (χ0) is 32.4. The van der Waals surface area contributed by atoms with Gasteiger partial charge in [-0.25, -0.2) is 0 Å². The third-order valence-electron chi connectivity index (χ3n) is 10.7. The molecule has 3 unspecified atom stereocenters. The van der Waals surface area contributed by atoms with Gasteiger partial charge in [-0.2, -0.15) is 0 Å². The standard InChI is InChI=1S/C39H51NO5/c1-37(2,3)45-36(42)33(35(41)29-18-20-31(43-6)21-19-29)34(28-16-12-9-13-17-28)40(25-27-14-10-8-11-15-27)26-39-23-22-30(38(39,4)5)24-32(39)44-7/h8-21,30,32-35,41H,22-26H2,1-7H3/t30-,32-,33?,34?,35?,39-/m1/s1. The van der Waals surface area contributed by atoms with Crippen molar-refractivity contribution in [1.29, 1.82) is 0 Å². The van der Waals surface area contributed by atoms with Gasteiger partial charge >= 0.3 is 5.97 Å². The molecule has 2 bridgehead atoms. The number of carbonyl (C=O) groups is 1. The second kappa shape index (κ2) is 13.3. The lowest BCUT2D eigenvalue weighted by molar-refractivity contribution is -0.170. The molecule has 6 atom stereocenters. The number of fused-ring (bicyclic) bond motifs is 2. The summed E-state index contributed by atoms with van der Waals surface area (Å²) in [5, 5.41) is 12.3. The summed E-state index contributed by atoms with van der Waals surface area (Å²) < 4.78 is 17.8. The number of benzene rings is 3. The van der Waals surface area contributed by atoms with E-state index in [1.54, 1.807) is 7.11 Å². The summed E-state index contributed by atoms with van der Waals surface area (Å²) in [5.74, 6) is -0.0619. The van der Waals surface area contributed by atoms with Gasteiger partial charge in [-0.05, 0) is 80.2 Å². The number of carbonyl (C=O) groups excluding carboxylic acids is 1. The minimum absolute atomic E-state index is 0.0554. The first-order valence-corrected chi connectivity index (χ1v) is 16.3. The van der Waals surface area contributed by atoms with Crippen molar-refractivity contribution in [3.05, 3.63) is 102 Å². The number of hydrogen-bond donors (Lipinski definition) is 1. The molecule has 0 aromatic heterocycles. The fourth-order valence-electron chi connectivity index (χ4n) is 8.24. The molecule has 0 amide bonds. The van der Waals surface area contributed by atoms with Gasteiger partial charge in [0, 0.05) is 25.6 Å². The minimum Gasteiger partial charge on any atom is -0.497 e. The normalized spacial score (nSPS) is 24.3. The average Bonchev–Trinajstić information content (AvgIpc) is 3.39. The summed E-state index contributed by atoms with van der Waals surface area (Å²) in [6, 6.07) is 27.4. The number of esters is 1. The molecular formula is C39H51NO5. The van der Waals surface area contributed by atoms with Crippen LogP contribution in [0, 0.1) is 22.7 Å². The van der Waals surface area contributed by atoms with Gasteiger partial charge in [0.2, 0.25) is 0 Å². The van der Waals surface area contributed by atoms with Gasteiger partial charge in [0.25, 0.3) is 0 Å². The lowest BCUT2D eigenvalue weighted by Gasteiger charge is -2.48. The second-order valence-electron chi connectivity index (χ2n) is 14.6. The molecule has 0 spiro atoms. The van der Waals surface area contributed by atoms with Gasteiger partial charge in [-0.3, -0.25) is 9.69 Å². The number of methoxy groups -OCH3 is 2. The van der Waals surface area contributed by atoms with Crippen LogP contribution in [0.25, 0.3) is 0 Å². The Labute approximate surface area is 269 Å². The molecule has 1 N–H and O–H groups in total. The van der Waals surface area contributed by atoms with E-state index in [0.717, 1.165) is 30.5 Å². The fourth-order valence-corrected chi connectivity index (χ4v) is 8.24. The zero-order valence-electron chi connectivity index (χ0n) is 28.0. The molecule has 2 aliphatic rings. The van der Waals surface area contributed by atoms with E-state index < -0.39 is 29.6 Å². The van der Waals surface area contributed by atoms with Crippen LogP contribution in [0.4, 0.5) is 0 Å². The van der Waals surface area contributed by atoms with Crippen molar-refractivity contribution in [1.82, 2.24) is 4.90 Å². The van der Waals surface area contributed by atoms with Crippen molar-refractivity contribution in [2.75, 3.05) is 20.8 Å². The van der Waals surface area contributed by atoms with Crippen molar-refractivity contribution in [2.24, 2.45) is 22.7 Å². The van der Waals surface area contributed by atoms with E-state index in [1.165, 1.54) is 6.42 Å². The number of ether oxygens (including phenoxy) is 3. The van der Waals surface area contributed by atoms with E-state index in [0.29, 0.717) is 23.8 Å². The molecule has 6 heteroatoms. The smallest absolute Gasteiger partial charge is 0.314 e. The van der Waals surface area contributed by atoms with Crippen LogP contribution in [-0.2, 0) is 20.8 Å². The molecule has 3 aromatic carbocycles. The molecule has 3 aromatic rings. The Morgan fingerprint density at radius 1 is 0.933 bits per heavy atom. The van der Waals surface area contributed by atoms with Crippen molar-refractivity contribution >= 4 is 5.97 Å². The van der Waals surface area contributed by atoms with E-state index in [9.17, 15) is 9.90 Å². The maximum Gasteiger partial charge on any atom is 0.314 e. The monoisotopic (exact) mass is 613 g/mol. The Kier molecular flexibility index (Phi) is 9.79. The summed E-state index contributed by atoms with van der Waals surface area (Å²) in [6.07, 6.45) is 2.27. The Balaban J connectivity index is 1.68. The third kappa shape index (κ3) is 6.70. The van der Waals surface area contributed by atoms with E-state index >= 15 is 0 Å². The van der Waals surface area contributed by atoms with Gasteiger partial charge in [0.1, 0.15) is 17.3 Å². The van der Waals surface area contributed by atoms with Crippen LogP contribution < -0.4 is 4.74 Å². The van der Waals surface area contributed by atoms with Crippen LogP contribution in [0.2, 0.25) is 0 Å². The first-order chi connectivity index (χ1) is 21.4. The number of rotatable bonds is 12. The van der Waals surface area contributed by atoms with Crippen LogP contribution in [-0.4, -0.2) is 48.4 Å². The van der Waals surface area contributed by atoms with Crippen molar-refractivity contribution in [3.63, 3.8) is 0 Å². The molecule has 6 nitrogen and oxygen atoms in total. The molecular weight excluding hydrogens is 562 g/mol. The quantitative estimate of drug-likeness (QED) is 0.211. The lowest BCUT2D eigenvalue weighted by Crippen LogP contribution is -2.51. The second-order valence-corrected chi connectivity index (χ2v) is 14.6. The van der Waals surface area contributed by atoms with Gasteiger partial charge in [0.15, 0.2) is 0 Å². The van der Waals surface area contributed by atoms with Crippen LogP contribution in [0.3, 0.4) is 0 Å². The molecule has 242 valence electrons. The summed E-state index contributed by atoms with van der Waals surface area (Å²) in [5.41, 5.74) is 1.97.